The van der Waals surface area contributed by atoms with Gasteiger partial charge in [-0.3, -0.25) is 4.79 Å². The SMILES string of the molecule is Nc1ccccc1NC(=O)c1nc(Cl)ccc1Cl. The average Bonchev–Trinajstić information content (AvgIpc) is 2.35. The quantitative estimate of drug-likeness (QED) is 0.656. The Bertz CT molecular complexity index is 602. The Morgan fingerprint density at radius 2 is 1.89 bits per heavy atom. The Labute approximate surface area is 114 Å². The molecule has 2 rings (SSSR count). The van der Waals surface area contributed by atoms with Gasteiger partial charge in [-0.2, -0.15) is 0 Å². The van der Waals surface area contributed by atoms with Crippen LogP contribution < -0.4 is 11.1 Å². The highest BCUT2D eigenvalue weighted by Crippen LogP contribution is 2.21. The Morgan fingerprint density at radius 3 is 2.61 bits per heavy atom. The van der Waals surface area contributed by atoms with Crippen molar-refractivity contribution in [3.8, 4) is 0 Å². The van der Waals surface area contributed by atoms with Gasteiger partial charge >= 0.3 is 0 Å². The molecule has 0 aliphatic rings. The number of nitrogens with zero attached hydrogens (tertiary/aromatic N) is 1. The molecule has 0 spiro atoms. The standard InChI is InChI=1S/C12H9Cl2N3O/c13-7-5-6-10(14)17-11(7)12(18)16-9-4-2-1-3-8(9)15/h1-6H,15H2,(H,16,18). The van der Waals surface area contributed by atoms with E-state index in [2.05, 4.69) is 10.3 Å². The summed E-state index contributed by atoms with van der Waals surface area (Å²) in [5.74, 6) is -0.458. The molecule has 0 aliphatic heterocycles. The monoisotopic (exact) mass is 281 g/mol. The van der Waals surface area contributed by atoms with E-state index in [4.69, 9.17) is 28.9 Å². The topological polar surface area (TPSA) is 68.0 Å². The summed E-state index contributed by atoms with van der Waals surface area (Å²) in [7, 11) is 0. The number of nitrogen functional groups attached to an aromatic ring is 1. The number of hydrogen-bond donors (Lipinski definition) is 2. The number of amides is 1. The zero-order valence-electron chi connectivity index (χ0n) is 9.15. The maximum atomic E-state index is 12.0. The number of para-hydroxylation sites is 2. The van der Waals surface area contributed by atoms with E-state index in [0.717, 1.165) is 0 Å². The Kier molecular flexibility index (Phi) is 3.69. The van der Waals surface area contributed by atoms with Crippen molar-refractivity contribution in [1.82, 2.24) is 4.98 Å². The van der Waals surface area contributed by atoms with Crippen LogP contribution in [0.15, 0.2) is 36.4 Å². The molecule has 6 heteroatoms. The number of benzene rings is 1. The smallest absolute Gasteiger partial charge is 0.275 e. The molecule has 0 bridgehead atoms. The fraction of sp³-hybridized carbons (Fsp3) is 0. The van der Waals surface area contributed by atoms with Crippen molar-refractivity contribution in [2.75, 3.05) is 11.1 Å². The largest absolute Gasteiger partial charge is 0.397 e. The lowest BCUT2D eigenvalue weighted by atomic mass is 10.2. The first-order valence-corrected chi connectivity index (χ1v) is 5.81. The number of halogens is 2. The maximum absolute atomic E-state index is 12.0. The number of nitrogens with two attached hydrogens (primary N) is 1. The Morgan fingerprint density at radius 1 is 1.17 bits per heavy atom. The van der Waals surface area contributed by atoms with Crippen molar-refractivity contribution in [1.29, 1.82) is 0 Å². The van der Waals surface area contributed by atoms with Gasteiger partial charge in [-0.1, -0.05) is 35.3 Å². The van der Waals surface area contributed by atoms with Crippen molar-refractivity contribution in [2.24, 2.45) is 0 Å². The zero-order valence-corrected chi connectivity index (χ0v) is 10.7. The maximum Gasteiger partial charge on any atom is 0.275 e. The van der Waals surface area contributed by atoms with Crippen molar-refractivity contribution >= 4 is 40.5 Å². The van der Waals surface area contributed by atoms with Crippen LogP contribution in [0, 0.1) is 0 Å². The van der Waals surface area contributed by atoms with Crippen molar-refractivity contribution in [2.45, 2.75) is 0 Å². The molecule has 0 saturated heterocycles. The van der Waals surface area contributed by atoms with Crippen LogP contribution in [0.4, 0.5) is 11.4 Å². The van der Waals surface area contributed by atoms with Crippen LogP contribution >= 0.6 is 23.2 Å². The zero-order chi connectivity index (χ0) is 13.1. The van der Waals surface area contributed by atoms with Crippen LogP contribution in [0.25, 0.3) is 0 Å². The molecular formula is C12H9Cl2N3O. The molecular weight excluding hydrogens is 273 g/mol. The van der Waals surface area contributed by atoms with Crippen molar-refractivity contribution in [3.63, 3.8) is 0 Å². The lowest BCUT2D eigenvalue weighted by molar-refractivity contribution is 0.102. The third-order valence-electron chi connectivity index (χ3n) is 2.24. The van der Waals surface area contributed by atoms with Gasteiger partial charge in [0.15, 0.2) is 0 Å². The molecule has 0 fully saturated rings. The number of anilines is 2. The van der Waals surface area contributed by atoms with Gasteiger partial charge in [0.2, 0.25) is 0 Å². The summed E-state index contributed by atoms with van der Waals surface area (Å²) >= 11 is 11.6. The van der Waals surface area contributed by atoms with Gasteiger partial charge in [-0.25, -0.2) is 4.98 Å². The second kappa shape index (κ2) is 5.25. The van der Waals surface area contributed by atoms with Crippen molar-refractivity contribution < 1.29 is 4.79 Å². The van der Waals surface area contributed by atoms with Gasteiger partial charge in [0.25, 0.3) is 5.91 Å². The molecule has 1 amide bonds. The van der Waals surface area contributed by atoms with Crippen LogP contribution in [0.1, 0.15) is 10.5 Å². The minimum absolute atomic E-state index is 0.0624. The average molecular weight is 282 g/mol. The molecule has 0 aliphatic carbocycles. The first-order valence-electron chi connectivity index (χ1n) is 5.06. The highest BCUT2D eigenvalue weighted by atomic mass is 35.5. The number of carbonyl (C=O) groups excluding carboxylic acids is 1. The fourth-order valence-electron chi connectivity index (χ4n) is 1.37. The van der Waals surface area contributed by atoms with E-state index in [-0.39, 0.29) is 15.9 Å². The Hall–Kier alpha value is -1.78. The highest BCUT2D eigenvalue weighted by Gasteiger charge is 2.13. The molecule has 4 nitrogen and oxygen atoms in total. The number of rotatable bonds is 2. The first-order chi connectivity index (χ1) is 8.58. The number of nitrogens with one attached hydrogen (secondary N) is 1. The van der Waals surface area contributed by atoms with Gasteiger partial charge < -0.3 is 11.1 Å². The molecule has 2 aromatic rings. The molecule has 0 saturated carbocycles. The second-order valence-corrected chi connectivity index (χ2v) is 4.30. The van der Waals surface area contributed by atoms with E-state index in [1.807, 2.05) is 0 Å². The van der Waals surface area contributed by atoms with E-state index < -0.39 is 5.91 Å². The summed E-state index contributed by atoms with van der Waals surface area (Å²) < 4.78 is 0. The van der Waals surface area contributed by atoms with Crippen LogP contribution in [-0.2, 0) is 0 Å². The van der Waals surface area contributed by atoms with Crippen LogP contribution in [-0.4, -0.2) is 10.9 Å². The van der Waals surface area contributed by atoms with E-state index >= 15 is 0 Å². The minimum Gasteiger partial charge on any atom is -0.397 e. The van der Waals surface area contributed by atoms with E-state index in [9.17, 15) is 4.79 Å². The highest BCUT2D eigenvalue weighted by molar-refractivity contribution is 6.35. The number of hydrogen-bond acceptors (Lipinski definition) is 3. The van der Waals surface area contributed by atoms with E-state index in [1.54, 1.807) is 24.3 Å². The van der Waals surface area contributed by atoms with Gasteiger partial charge in [0.1, 0.15) is 10.8 Å². The van der Waals surface area contributed by atoms with Gasteiger partial charge in [0.05, 0.1) is 16.4 Å². The lowest BCUT2D eigenvalue weighted by Crippen LogP contribution is -2.15. The predicted molar refractivity (Wildman–Crippen MR) is 73.1 cm³/mol. The molecule has 0 unspecified atom stereocenters. The molecule has 0 atom stereocenters. The third kappa shape index (κ3) is 2.72. The van der Waals surface area contributed by atoms with Gasteiger partial charge in [0, 0.05) is 0 Å². The fourth-order valence-corrected chi connectivity index (χ4v) is 1.71. The van der Waals surface area contributed by atoms with Crippen LogP contribution in [0.5, 0.6) is 0 Å². The summed E-state index contributed by atoms with van der Waals surface area (Å²) in [6.07, 6.45) is 0. The number of aromatic nitrogens is 1. The molecule has 18 heavy (non-hydrogen) atoms. The first kappa shape index (κ1) is 12.7. The summed E-state index contributed by atoms with van der Waals surface area (Å²) in [6.45, 7) is 0. The third-order valence-corrected chi connectivity index (χ3v) is 2.75. The normalized spacial score (nSPS) is 10.1. The number of carbonyl (C=O) groups is 1. The van der Waals surface area contributed by atoms with Gasteiger partial charge in [-0.15, -0.1) is 0 Å². The summed E-state index contributed by atoms with van der Waals surface area (Å²) in [5.41, 5.74) is 6.75. The molecule has 92 valence electrons. The van der Waals surface area contributed by atoms with Crippen LogP contribution in [0.2, 0.25) is 10.2 Å². The lowest BCUT2D eigenvalue weighted by Gasteiger charge is -2.08. The predicted octanol–water partition coefficient (Wildman–Crippen LogP) is 3.22. The summed E-state index contributed by atoms with van der Waals surface area (Å²) in [4.78, 5) is 15.8. The van der Waals surface area contributed by atoms with E-state index in [0.29, 0.717) is 11.4 Å². The van der Waals surface area contributed by atoms with Gasteiger partial charge in [-0.05, 0) is 24.3 Å². The Balaban J connectivity index is 2.28. The van der Waals surface area contributed by atoms with E-state index in [1.165, 1.54) is 12.1 Å². The molecule has 0 radical (unpaired) electrons. The summed E-state index contributed by atoms with van der Waals surface area (Å²) in [5, 5.41) is 3.05. The van der Waals surface area contributed by atoms with Crippen LogP contribution in [0.3, 0.4) is 0 Å². The van der Waals surface area contributed by atoms with Crippen molar-refractivity contribution in [3.05, 3.63) is 52.3 Å². The molecule has 1 aromatic carbocycles. The molecule has 1 heterocycles. The molecule has 1 aromatic heterocycles. The minimum atomic E-state index is -0.458. The molecule has 3 N–H and O–H groups in total. The second-order valence-electron chi connectivity index (χ2n) is 3.51. The number of pyridine rings is 1. The summed E-state index contributed by atoms with van der Waals surface area (Å²) in [6, 6.07) is 9.93.